The third-order valence-electron chi connectivity index (χ3n) is 3.29. The number of ether oxygens (including phenoxy) is 1. The molecule has 2 atom stereocenters. The van der Waals surface area contributed by atoms with Crippen LogP contribution in [0.5, 0.6) is 0 Å². The van der Waals surface area contributed by atoms with Crippen molar-refractivity contribution in [3.63, 3.8) is 0 Å². The second-order valence-electron chi connectivity index (χ2n) is 6.27. The van der Waals surface area contributed by atoms with E-state index in [0.29, 0.717) is 19.4 Å². The van der Waals surface area contributed by atoms with Crippen molar-refractivity contribution in [3.8, 4) is 0 Å². The number of halogens is 1. The molecule has 2 heterocycles. The zero-order chi connectivity index (χ0) is 15.6. The van der Waals surface area contributed by atoms with Crippen LogP contribution < -0.4 is 0 Å². The van der Waals surface area contributed by atoms with Crippen LogP contribution in [0.2, 0.25) is 0 Å². The highest BCUT2D eigenvalue weighted by molar-refractivity contribution is 9.10. The summed E-state index contributed by atoms with van der Waals surface area (Å²) in [5.74, 6) is 0. The van der Waals surface area contributed by atoms with Gasteiger partial charge >= 0.3 is 6.09 Å². The number of pyridine rings is 1. The highest BCUT2D eigenvalue weighted by atomic mass is 79.9. The fourth-order valence-electron chi connectivity index (χ4n) is 2.35. The van der Waals surface area contributed by atoms with Gasteiger partial charge in [0.1, 0.15) is 5.60 Å². The van der Waals surface area contributed by atoms with Gasteiger partial charge in [0, 0.05) is 17.2 Å². The third-order valence-corrected chi connectivity index (χ3v) is 3.76. The maximum Gasteiger partial charge on any atom is 0.410 e. The van der Waals surface area contributed by atoms with Crippen LogP contribution >= 0.6 is 15.9 Å². The summed E-state index contributed by atoms with van der Waals surface area (Å²) in [6.07, 6.45) is 1.97. The molecule has 2 unspecified atom stereocenters. The molecule has 116 valence electrons. The number of carbonyl (C=O) groups excluding carboxylic acids is 1. The minimum Gasteiger partial charge on any atom is -0.444 e. The molecule has 5 nitrogen and oxygen atoms in total. The van der Waals surface area contributed by atoms with Gasteiger partial charge in [-0.15, -0.1) is 0 Å². The van der Waals surface area contributed by atoms with Gasteiger partial charge in [0.25, 0.3) is 0 Å². The van der Waals surface area contributed by atoms with Crippen LogP contribution in [0.15, 0.2) is 22.8 Å². The molecule has 1 aromatic heterocycles. The van der Waals surface area contributed by atoms with Gasteiger partial charge in [-0.1, -0.05) is 0 Å². The first-order chi connectivity index (χ1) is 9.76. The number of aliphatic hydroxyl groups is 1. The maximum atomic E-state index is 12.4. The molecule has 1 amide bonds. The van der Waals surface area contributed by atoms with Crippen molar-refractivity contribution in [1.29, 1.82) is 0 Å². The molecule has 1 aliphatic heterocycles. The number of hydrogen-bond donors (Lipinski definition) is 1. The third kappa shape index (κ3) is 4.41. The summed E-state index contributed by atoms with van der Waals surface area (Å²) in [4.78, 5) is 18.4. The standard InChI is InChI=1S/C15H21BrN2O3/c1-15(2,3)21-14(20)18-7-6-11(19)8-13(18)12-5-4-10(16)9-17-12/h4-5,9,11,13,19H,6-8H2,1-3H3. The van der Waals surface area contributed by atoms with Crippen LogP contribution in [0.1, 0.15) is 45.3 Å². The highest BCUT2D eigenvalue weighted by Crippen LogP contribution is 2.31. The Bertz CT molecular complexity index is 499. The Morgan fingerprint density at radius 1 is 1.48 bits per heavy atom. The monoisotopic (exact) mass is 356 g/mol. The van der Waals surface area contributed by atoms with Crippen molar-refractivity contribution in [2.45, 2.75) is 51.4 Å². The van der Waals surface area contributed by atoms with E-state index in [0.717, 1.165) is 10.2 Å². The molecular weight excluding hydrogens is 336 g/mol. The minimum atomic E-state index is -0.537. The lowest BCUT2D eigenvalue weighted by molar-refractivity contribution is -0.00917. The molecule has 6 heteroatoms. The Kier molecular flexibility index (Phi) is 4.88. The topological polar surface area (TPSA) is 62.7 Å². The smallest absolute Gasteiger partial charge is 0.410 e. The Morgan fingerprint density at radius 3 is 2.76 bits per heavy atom. The van der Waals surface area contributed by atoms with Gasteiger partial charge in [0.15, 0.2) is 0 Å². The average molecular weight is 357 g/mol. The molecule has 0 bridgehead atoms. The molecule has 2 rings (SSSR count). The molecule has 21 heavy (non-hydrogen) atoms. The molecular formula is C15H21BrN2O3. The van der Waals surface area contributed by atoms with E-state index >= 15 is 0 Å². The lowest BCUT2D eigenvalue weighted by Gasteiger charge is -2.38. The van der Waals surface area contributed by atoms with Gasteiger partial charge in [-0.05, 0) is 61.7 Å². The van der Waals surface area contributed by atoms with Gasteiger partial charge in [-0.3, -0.25) is 9.88 Å². The lowest BCUT2D eigenvalue weighted by Crippen LogP contribution is -2.45. The van der Waals surface area contributed by atoms with E-state index in [9.17, 15) is 9.90 Å². The first-order valence-corrected chi connectivity index (χ1v) is 7.85. The first kappa shape index (κ1) is 16.2. The van der Waals surface area contributed by atoms with Gasteiger partial charge in [0.05, 0.1) is 17.8 Å². The van der Waals surface area contributed by atoms with E-state index in [4.69, 9.17) is 4.74 Å². The van der Waals surface area contributed by atoms with Crippen molar-refractivity contribution in [2.75, 3.05) is 6.54 Å². The number of piperidine rings is 1. The maximum absolute atomic E-state index is 12.4. The van der Waals surface area contributed by atoms with Crippen LogP contribution in [-0.4, -0.2) is 39.3 Å². The van der Waals surface area contributed by atoms with Crippen molar-refractivity contribution in [2.24, 2.45) is 0 Å². The molecule has 0 spiro atoms. The summed E-state index contributed by atoms with van der Waals surface area (Å²) in [5.41, 5.74) is 0.230. The molecule has 0 aromatic carbocycles. The summed E-state index contributed by atoms with van der Waals surface area (Å²) < 4.78 is 6.34. The minimum absolute atomic E-state index is 0.253. The normalized spacial score (nSPS) is 23.0. The summed E-state index contributed by atoms with van der Waals surface area (Å²) >= 11 is 3.35. The largest absolute Gasteiger partial charge is 0.444 e. The molecule has 1 N–H and O–H groups in total. The van der Waals surface area contributed by atoms with E-state index in [1.54, 1.807) is 11.1 Å². The number of likely N-dealkylation sites (tertiary alicyclic amines) is 1. The molecule has 0 radical (unpaired) electrons. The summed E-state index contributed by atoms with van der Waals surface area (Å²) in [6.45, 7) is 6.00. The van der Waals surface area contributed by atoms with Gasteiger partial charge < -0.3 is 9.84 Å². The molecule has 1 aliphatic rings. The van der Waals surface area contributed by atoms with Crippen molar-refractivity contribution < 1.29 is 14.6 Å². The Hall–Kier alpha value is -1.14. The Morgan fingerprint density at radius 2 is 2.19 bits per heavy atom. The predicted octanol–water partition coefficient (Wildman–Crippen LogP) is 3.28. The zero-order valence-electron chi connectivity index (χ0n) is 12.5. The number of aliphatic hydroxyl groups excluding tert-OH is 1. The zero-order valence-corrected chi connectivity index (χ0v) is 14.1. The molecule has 1 saturated heterocycles. The van der Waals surface area contributed by atoms with E-state index in [1.807, 2.05) is 32.9 Å². The number of amides is 1. The number of carbonyl (C=O) groups is 1. The Balaban J connectivity index is 2.21. The fourth-order valence-corrected chi connectivity index (χ4v) is 2.59. The Labute approximate surface area is 133 Å². The van der Waals surface area contributed by atoms with E-state index < -0.39 is 11.7 Å². The SMILES string of the molecule is CC(C)(C)OC(=O)N1CCC(O)CC1c1ccc(Br)cn1. The summed E-state index contributed by atoms with van der Waals surface area (Å²) in [5, 5.41) is 9.91. The highest BCUT2D eigenvalue weighted by Gasteiger charge is 2.35. The summed E-state index contributed by atoms with van der Waals surface area (Å²) in [7, 11) is 0. The quantitative estimate of drug-likeness (QED) is 0.838. The average Bonchev–Trinajstić information content (AvgIpc) is 2.37. The predicted molar refractivity (Wildman–Crippen MR) is 82.9 cm³/mol. The molecule has 1 aromatic rings. The van der Waals surface area contributed by atoms with Gasteiger partial charge in [-0.2, -0.15) is 0 Å². The second kappa shape index (κ2) is 6.32. The van der Waals surface area contributed by atoms with Crippen LogP contribution in [0.3, 0.4) is 0 Å². The van der Waals surface area contributed by atoms with Crippen molar-refractivity contribution in [3.05, 3.63) is 28.5 Å². The van der Waals surface area contributed by atoms with E-state index in [2.05, 4.69) is 20.9 Å². The first-order valence-electron chi connectivity index (χ1n) is 7.05. The van der Waals surface area contributed by atoms with Crippen molar-refractivity contribution >= 4 is 22.0 Å². The summed E-state index contributed by atoms with van der Waals surface area (Å²) in [6, 6.07) is 3.50. The van der Waals surface area contributed by atoms with E-state index in [1.165, 1.54) is 0 Å². The number of nitrogens with zero attached hydrogens (tertiary/aromatic N) is 2. The number of rotatable bonds is 1. The number of aromatic nitrogens is 1. The second-order valence-corrected chi connectivity index (χ2v) is 7.18. The van der Waals surface area contributed by atoms with Crippen LogP contribution in [0, 0.1) is 0 Å². The van der Waals surface area contributed by atoms with Crippen LogP contribution in [-0.2, 0) is 4.74 Å². The van der Waals surface area contributed by atoms with E-state index in [-0.39, 0.29) is 12.1 Å². The molecule has 0 saturated carbocycles. The number of hydrogen-bond acceptors (Lipinski definition) is 4. The van der Waals surface area contributed by atoms with Gasteiger partial charge in [-0.25, -0.2) is 4.79 Å². The van der Waals surface area contributed by atoms with Gasteiger partial charge in [0.2, 0.25) is 0 Å². The van der Waals surface area contributed by atoms with Crippen LogP contribution in [0.4, 0.5) is 4.79 Å². The lowest BCUT2D eigenvalue weighted by atomic mass is 9.97. The molecule has 1 fully saturated rings. The van der Waals surface area contributed by atoms with Crippen molar-refractivity contribution in [1.82, 2.24) is 9.88 Å². The van der Waals surface area contributed by atoms with Crippen LogP contribution in [0.25, 0.3) is 0 Å². The fraction of sp³-hybridized carbons (Fsp3) is 0.600. The molecule has 0 aliphatic carbocycles.